The maximum absolute atomic E-state index is 12.4. The lowest BCUT2D eigenvalue weighted by atomic mass is 10.1. The molecule has 0 saturated carbocycles. The fourth-order valence-corrected chi connectivity index (χ4v) is 3.02. The second kappa shape index (κ2) is 8.30. The topological polar surface area (TPSA) is 73.6 Å². The lowest BCUT2D eigenvalue weighted by Gasteiger charge is -2.01. The zero-order chi connectivity index (χ0) is 19.4. The van der Waals surface area contributed by atoms with Gasteiger partial charge in [-0.25, -0.2) is 4.79 Å². The molecule has 0 aliphatic heterocycles. The smallest absolute Gasteiger partial charge is 0.347 e. The zero-order valence-electron chi connectivity index (χ0n) is 14.4. The first-order chi connectivity index (χ1) is 13.0. The molecule has 3 aromatic rings. The number of ether oxygens (including phenoxy) is 1. The van der Waals surface area contributed by atoms with E-state index < -0.39 is 23.6 Å². The zero-order valence-corrected chi connectivity index (χ0v) is 16.6. The maximum atomic E-state index is 12.4. The van der Waals surface area contributed by atoms with Crippen LogP contribution in [0.3, 0.4) is 0 Å². The fraction of sp³-hybridized carbons (Fsp3) is 0.0952. The lowest BCUT2D eigenvalue weighted by molar-refractivity contribution is -0.113. The highest BCUT2D eigenvalue weighted by Crippen LogP contribution is 2.18. The molecule has 0 amide bonds. The van der Waals surface area contributed by atoms with Gasteiger partial charge in [-0.05, 0) is 70.6 Å². The largest absolute Gasteiger partial charge is 0.497 e. The average Bonchev–Trinajstić information content (AvgIpc) is 2.66. The molecule has 6 heteroatoms. The van der Waals surface area contributed by atoms with Crippen molar-refractivity contribution in [2.24, 2.45) is 0 Å². The Morgan fingerprint density at radius 3 is 2.56 bits per heavy atom. The Kier molecular flexibility index (Phi) is 5.85. The number of fused-ring (bicyclic) bond motifs is 1. The summed E-state index contributed by atoms with van der Waals surface area (Å²) in [5, 5.41) is 0.645. The molecule has 0 aliphatic rings. The van der Waals surface area contributed by atoms with Gasteiger partial charge in [-0.2, -0.15) is 0 Å². The van der Waals surface area contributed by atoms with E-state index >= 15 is 0 Å². The number of ketones is 2. The first-order valence-electron chi connectivity index (χ1n) is 8.08. The predicted octanol–water partition coefficient (Wildman–Crippen LogP) is 4.26. The highest BCUT2D eigenvalue weighted by Gasteiger charge is 2.16. The summed E-state index contributed by atoms with van der Waals surface area (Å²) in [6, 6.07) is 13.9. The van der Waals surface area contributed by atoms with Crippen molar-refractivity contribution in [2.75, 3.05) is 7.11 Å². The summed E-state index contributed by atoms with van der Waals surface area (Å²) >= 11 is 2.13. The van der Waals surface area contributed by atoms with Gasteiger partial charge in [0.2, 0.25) is 0 Å². The van der Waals surface area contributed by atoms with Crippen LogP contribution in [0.1, 0.15) is 22.3 Å². The van der Waals surface area contributed by atoms with Crippen molar-refractivity contribution in [2.45, 2.75) is 6.42 Å². The summed E-state index contributed by atoms with van der Waals surface area (Å²) in [7, 11) is 1.57. The van der Waals surface area contributed by atoms with Crippen LogP contribution < -0.4 is 10.4 Å². The lowest BCUT2D eigenvalue weighted by Crippen LogP contribution is -2.16. The second-order valence-corrected chi connectivity index (χ2v) is 7.05. The van der Waals surface area contributed by atoms with E-state index in [1.807, 2.05) is 0 Å². The highest BCUT2D eigenvalue weighted by atomic mass is 127. The number of hydrogen-bond acceptors (Lipinski definition) is 5. The molecule has 1 heterocycles. The number of hydrogen-bond donors (Lipinski definition) is 0. The molecule has 0 unspecified atom stereocenters. The van der Waals surface area contributed by atoms with Crippen LogP contribution in [-0.2, 0) is 4.79 Å². The molecule has 0 bridgehead atoms. The van der Waals surface area contributed by atoms with E-state index in [4.69, 9.17) is 9.15 Å². The molecular weight excluding hydrogens is 459 g/mol. The van der Waals surface area contributed by atoms with E-state index in [1.165, 1.54) is 12.1 Å². The van der Waals surface area contributed by atoms with Gasteiger partial charge in [-0.1, -0.05) is 18.2 Å². The van der Waals surface area contributed by atoms with Crippen LogP contribution >= 0.6 is 22.6 Å². The van der Waals surface area contributed by atoms with Crippen LogP contribution in [0, 0.1) is 3.57 Å². The molecule has 136 valence electrons. The summed E-state index contributed by atoms with van der Waals surface area (Å²) in [5.74, 6) is -0.238. The van der Waals surface area contributed by atoms with Crippen LogP contribution in [0.5, 0.6) is 5.75 Å². The van der Waals surface area contributed by atoms with Crippen molar-refractivity contribution in [3.8, 4) is 5.75 Å². The number of methoxy groups -OCH3 is 1. The van der Waals surface area contributed by atoms with E-state index in [2.05, 4.69) is 22.6 Å². The Balaban J connectivity index is 1.75. The number of rotatable bonds is 6. The third-order valence-electron chi connectivity index (χ3n) is 3.91. The Labute approximate surface area is 168 Å². The van der Waals surface area contributed by atoms with Crippen molar-refractivity contribution >= 4 is 51.2 Å². The van der Waals surface area contributed by atoms with E-state index in [0.29, 0.717) is 16.7 Å². The van der Waals surface area contributed by atoms with Crippen molar-refractivity contribution < 1.29 is 18.7 Å². The molecule has 0 spiro atoms. The van der Waals surface area contributed by atoms with Gasteiger partial charge in [0, 0.05) is 8.96 Å². The Morgan fingerprint density at radius 1 is 1.11 bits per heavy atom. The van der Waals surface area contributed by atoms with E-state index in [-0.39, 0.29) is 5.56 Å². The number of halogens is 1. The Morgan fingerprint density at radius 2 is 1.85 bits per heavy atom. The fourth-order valence-electron chi connectivity index (χ4n) is 2.51. The van der Waals surface area contributed by atoms with Crippen molar-refractivity contribution in [1.29, 1.82) is 0 Å². The summed E-state index contributed by atoms with van der Waals surface area (Å²) < 4.78 is 11.2. The quantitative estimate of drug-likeness (QED) is 0.176. The van der Waals surface area contributed by atoms with Gasteiger partial charge >= 0.3 is 5.63 Å². The normalized spacial score (nSPS) is 11.0. The Hall–Kier alpha value is -2.74. The third-order valence-corrected chi connectivity index (χ3v) is 4.58. The standard InChI is InChI=1S/C21H15IO5/c1-26-17-7-3-13(4-8-17)2-6-16(23)12-19(24)18-11-14-10-15(22)5-9-20(14)27-21(18)25/h2-11H,12H2,1H3/b6-2+. The first kappa shape index (κ1) is 19.0. The van der Waals surface area contributed by atoms with Crippen molar-refractivity contribution in [3.63, 3.8) is 0 Å². The third kappa shape index (κ3) is 4.71. The highest BCUT2D eigenvalue weighted by molar-refractivity contribution is 14.1. The number of carbonyl (C=O) groups excluding carboxylic acids is 2. The summed E-state index contributed by atoms with van der Waals surface area (Å²) in [5.41, 5.74) is 0.357. The monoisotopic (exact) mass is 474 g/mol. The summed E-state index contributed by atoms with van der Waals surface area (Å²) in [4.78, 5) is 36.5. The number of benzene rings is 2. The molecule has 0 saturated heterocycles. The second-order valence-electron chi connectivity index (χ2n) is 5.80. The molecule has 0 radical (unpaired) electrons. The maximum Gasteiger partial charge on any atom is 0.347 e. The van der Waals surface area contributed by atoms with Crippen LogP contribution in [0.25, 0.3) is 17.0 Å². The molecule has 2 aromatic carbocycles. The number of carbonyl (C=O) groups is 2. The minimum atomic E-state index is -0.736. The van der Waals surface area contributed by atoms with Gasteiger partial charge < -0.3 is 9.15 Å². The summed E-state index contributed by atoms with van der Waals surface area (Å²) in [6.07, 6.45) is 2.54. The molecule has 3 rings (SSSR count). The SMILES string of the molecule is COc1ccc(/C=C/C(=O)CC(=O)c2cc3cc(I)ccc3oc2=O)cc1. The minimum absolute atomic E-state index is 0.115. The van der Waals surface area contributed by atoms with Crippen molar-refractivity contribution in [3.05, 3.63) is 79.7 Å². The van der Waals surface area contributed by atoms with Crippen LogP contribution in [-0.4, -0.2) is 18.7 Å². The molecule has 0 atom stereocenters. The van der Waals surface area contributed by atoms with Gasteiger partial charge in [0.05, 0.1) is 13.5 Å². The summed E-state index contributed by atoms with van der Waals surface area (Å²) in [6.45, 7) is 0. The minimum Gasteiger partial charge on any atom is -0.497 e. The molecule has 1 aromatic heterocycles. The molecular formula is C21H15IO5. The number of allylic oxidation sites excluding steroid dienone is 1. The molecule has 0 N–H and O–H groups in total. The van der Waals surface area contributed by atoms with E-state index in [9.17, 15) is 14.4 Å². The van der Waals surface area contributed by atoms with Gasteiger partial charge in [-0.3, -0.25) is 9.59 Å². The van der Waals surface area contributed by atoms with Crippen LogP contribution in [0.4, 0.5) is 0 Å². The van der Waals surface area contributed by atoms with E-state index in [1.54, 1.807) is 55.7 Å². The van der Waals surface area contributed by atoms with E-state index in [0.717, 1.165) is 9.13 Å². The van der Waals surface area contributed by atoms with Gasteiger partial charge in [0.1, 0.15) is 16.9 Å². The molecule has 27 heavy (non-hydrogen) atoms. The number of Topliss-reactive ketones (excluding diaryl/α,β-unsaturated/α-hetero) is 1. The van der Waals surface area contributed by atoms with Gasteiger partial charge in [0.25, 0.3) is 0 Å². The molecule has 0 fully saturated rings. The van der Waals surface area contributed by atoms with Crippen LogP contribution in [0.2, 0.25) is 0 Å². The van der Waals surface area contributed by atoms with Gasteiger partial charge in [-0.15, -0.1) is 0 Å². The average molecular weight is 474 g/mol. The molecule has 0 aliphatic carbocycles. The predicted molar refractivity (Wildman–Crippen MR) is 111 cm³/mol. The van der Waals surface area contributed by atoms with Crippen LogP contribution in [0.15, 0.2) is 63.8 Å². The first-order valence-corrected chi connectivity index (χ1v) is 9.16. The van der Waals surface area contributed by atoms with Gasteiger partial charge in [0.15, 0.2) is 11.6 Å². The van der Waals surface area contributed by atoms with Crippen molar-refractivity contribution in [1.82, 2.24) is 0 Å². The Bertz CT molecular complexity index is 1090. The molecule has 5 nitrogen and oxygen atoms in total.